The van der Waals surface area contributed by atoms with Crippen LogP contribution in [0.3, 0.4) is 0 Å². The zero-order valence-corrected chi connectivity index (χ0v) is 12.2. The number of fused-ring (bicyclic) bond motifs is 5. The van der Waals surface area contributed by atoms with Crippen LogP contribution in [0.2, 0.25) is 0 Å². The molecule has 4 amide bonds. The molecule has 0 aromatic rings. The van der Waals surface area contributed by atoms with Gasteiger partial charge in [0.2, 0.25) is 11.8 Å². The zero-order chi connectivity index (χ0) is 15.7. The standard InChI is InChI=1S/C14H18N2O5/c1-14(2,3)15-9(17)5-6-7-4-8(10(6)13(15)20)12(19)16(21)11(7)18/h6-8,10,21H,4-5H2,1-3H3. The number of carbonyl (C=O) groups excluding carboxylic acids is 4. The van der Waals surface area contributed by atoms with Crippen LogP contribution in [0, 0.1) is 23.7 Å². The summed E-state index contributed by atoms with van der Waals surface area (Å²) in [5.74, 6) is -4.58. The molecule has 3 fully saturated rings. The Balaban J connectivity index is 2.02. The Morgan fingerprint density at radius 2 is 1.57 bits per heavy atom. The third kappa shape index (κ3) is 1.76. The summed E-state index contributed by atoms with van der Waals surface area (Å²) in [6, 6.07) is 0. The minimum Gasteiger partial charge on any atom is -0.278 e. The number of likely N-dealkylation sites (tertiary alicyclic amines) is 1. The quantitative estimate of drug-likeness (QED) is 0.507. The van der Waals surface area contributed by atoms with E-state index in [-0.39, 0.29) is 23.8 Å². The van der Waals surface area contributed by atoms with Crippen LogP contribution in [0.25, 0.3) is 0 Å². The van der Waals surface area contributed by atoms with Crippen LogP contribution in [-0.2, 0) is 19.2 Å². The molecule has 1 aliphatic carbocycles. The number of hydrogen-bond donors (Lipinski definition) is 1. The van der Waals surface area contributed by atoms with Gasteiger partial charge in [0.05, 0.1) is 11.8 Å². The number of hydrogen-bond acceptors (Lipinski definition) is 5. The molecule has 7 heteroatoms. The number of hydroxylamine groups is 2. The van der Waals surface area contributed by atoms with Gasteiger partial charge in [-0.25, -0.2) is 0 Å². The summed E-state index contributed by atoms with van der Waals surface area (Å²) >= 11 is 0. The zero-order valence-electron chi connectivity index (χ0n) is 12.2. The molecule has 7 nitrogen and oxygen atoms in total. The van der Waals surface area contributed by atoms with E-state index in [4.69, 9.17) is 0 Å². The van der Waals surface area contributed by atoms with Gasteiger partial charge in [0.25, 0.3) is 11.8 Å². The van der Waals surface area contributed by atoms with Gasteiger partial charge in [-0.1, -0.05) is 0 Å². The Bertz CT molecular complexity index is 564. The van der Waals surface area contributed by atoms with Crippen molar-refractivity contribution in [2.45, 2.75) is 39.2 Å². The highest BCUT2D eigenvalue weighted by molar-refractivity contribution is 6.07. The van der Waals surface area contributed by atoms with E-state index in [1.165, 1.54) is 4.90 Å². The normalized spacial score (nSPS) is 36.4. The lowest BCUT2D eigenvalue weighted by molar-refractivity contribution is -0.189. The molecule has 2 bridgehead atoms. The predicted molar refractivity (Wildman–Crippen MR) is 68.4 cm³/mol. The van der Waals surface area contributed by atoms with Crippen molar-refractivity contribution >= 4 is 23.6 Å². The van der Waals surface area contributed by atoms with Crippen molar-refractivity contribution in [1.29, 1.82) is 0 Å². The van der Waals surface area contributed by atoms with Gasteiger partial charge in [0, 0.05) is 17.9 Å². The molecule has 2 heterocycles. The van der Waals surface area contributed by atoms with E-state index >= 15 is 0 Å². The minimum atomic E-state index is -0.722. The summed E-state index contributed by atoms with van der Waals surface area (Å²) in [7, 11) is 0. The average Bonchev–Trinajstić information content (AvgIpc) is 2.70. The maximum Gasteiger partial charge on any atom is 0.257 e. The summed E-state index contributed by atoms with van der Waals surface area (Å²) < 4.78 is 0. The van der Waals surface area contributed by atoms with Gasteiger partial charge in [-0.2, -0.15) is 5.06 Å². The van der Waals surface area contributed by atoms with E-state index in [2.05, 4.69) is 0 Å². The Kier molecular flexibility index (Phi) is 2.79. The largest absolute Gasteiger partial charge is 0.278 e. The first-order valence-corrected chi connectivity index (χ1v) is 7.08. The van der Waals surface area contributed by atoms with Crippen LogP contribution in [0.1, 0.15) is 33.6 Å². The Labute approximate surface area is 121 Å². The predicted octanol–water partition coefficient (Wildman–Crippen LogP) is 0.170. The lowest BCUT2D eigenvalue weighted by atomic mass is 9.79. The van der Waals surface area contributed by atoms with Crippen molar-refractivity contribution in [3.63, 3.8) is 0 Å². The monoisotopic (exact) mass is 294 g/mol. The number of amides is 4. The molecule has 0 aromatic heterocycles. The van der Waals surface area contributed by atoms with E-state index in [1.54, 1.807) is 20.8 Å². The molecule has 4 unspecified atom stereocenters. The van der Waals surface area contributed by atoms with E-state index in [9.17, 15) is 24.4 Å². The third-order valence-electron chi connectivity index (χ3n) is 4.81. The molecule has 21 heavy (non-hydrogen) atoms. The molecule has 0 aromatic carbocycles. The minimum absolute atomic E-state index is 0.0711. The molecule has 1 N–H and O–H groups in total. The number of nitrogens with zero attached hydrogens (tertiary/aromatic N) is 2. The highest BCUT2D eigenvalue weighted by Crippen LogP contribution is 2.51. The first-order valence-electron chi connectivity index (χ1n) is 7.08. The fourth-order valence-electron chi connectivity index (χ4n) is 4.00. The van der Waals surface area contributed by atoms with Gasteiger partial charge in [0.15, 0.2) is 0 Å². The molecule has 2 aliphatic heterocycles. The number of piperidine rings is 2. The second-order valence-electron chi connectivity index (χ2n) is 7.07. The number of imide groups is 2. The number of carbonyl (C=O) groups is 4. The van der Waals surface area contributed by atoms with Gasteiger partial charge in [-0.3, -0.25) is 29.3 Å². The van der Waals surface area contributed by atoms with Crippen LogP contribution in [-0.4, -0.2) is 44.3 Å². The van der Waals surface area contributed by atoms with Crippen LogP contribution in [0.4, 0.5) is 0 Å². The van der Waals surface area contributed by atoms with Gasteiger partial charge < -0.3 is 0 Å². The van der Waals surface area contributed by atoms with Gasteiger partial charge in [0.1, 0.15) is 0 Å². The van der Waals surface area contributed by atoms with Crippen LogP contribution in [0.5, 0.6) is 0 Å². The fourth-order valence-corrected chi connectivity index (χ4v) is 4.00. The highest BCUT2D eigenvalue weighted by atomic mass is 16.5. The molecule has 1 saturated carbocycles. The molecule has 114 valence electrons. The van der Waals surface area contributed by atoms with Gasteiger partial charge >= 0.3 is 0 Å². The molecule has 2 saturated heterocycles. The summed E-state index contributed by atoms with van der Waals surface area (Å²) in [6.07, 6.45) is 0.322. The molecule has 4 atom stereocenters. The molecule has 0 spiro atoms. The molecular formula is C14H18N2O5. The van der Waals surface area contributed by atoms with Crippen molar-refractivity contribution in [3.8, 4) is 0 Å². The maximum atomic E-state index is 12.7. The molecule has 3 rings (SSSR count). The van der Waals surface area contributed by atoms with Gasteiger partial charge in [-0.05, 0) is 33.1 Å². The van der Waals surface area contributed by atoms with Crippen molar-refractivity contribution < 1.29 is 24.4 Å². The van der Waals surface area contributed by atoms with E-state index in [0.29, 0.717) is 0 Å². The van der Waals surface area contributed by atoms with Gasteiger partial charge in [-0.15, -0.1) is 0 Å². The summed E-state index contributed by atoms with van der Waals surface area (Å²) in [5, 5.41) is 9.71. The molecular weight excluding hydrogens is 276 g/mol. The average molecular weight is 294 g/mol. The second kappa shape index (κ2) is 4.13. The SMILES string of the molecule is CC(C)(C)N1C(=O)CC2C3CC(C(=O)N(O)C3=O)C2C1=O. The van der Waals surface area contributed by atoms with Crippen LogP contribution >= 0.6 is 0 Å². The highest BCUT2D eigenvalue weighted by Gasteiger charge is 2.62. The van der Waals surface area contributed by atoms with Crippen molar-refractivity contribution in [1.82, 2.24) is 9.96 Å². The summed E-state index contributed by atoms with van der Waals surface area (Å²) in [4.78, 5) is 50.2. The Morgan fingerprint density at radius 3 is 2.14 bits per heavy atom. The van der Waals surface area contributed by atoms with Crippen LogP contribution in [0.15, 0.2) is 0 Å². The first-order chi connectivity index (χ1) is 9.64. The van der Waals surface area contributed by atoms with E-state index in [1.807, 2.05) is 0 Å². The third-order valence-corrected chi connectivity index (χ3v) is 4.81. The topological polar surface area (TPSA) is 95.0 Å². The Hall–Kier alpha value is -1.76. The number of rotatable bonds is 0. The van der Waals surface area contributed by atoms with Crippen LogP contribution < -0.4 is 0 Å². The maximum absolute atomic E-state index is 12.7. The summed E-state index contributed by atoms with van der Waals surface area (Å²) in [6.45, 7) is 5.28. The smallest absolute Gasteiger partial charge is 0.257 e. The summed E-state index contributed by atoms with van der Waals surface area (Å²) in [5.41, 5.74) is -0.665. The van der Waals surface area contributed by atoms with E-state index < -0.39 is 46.9 Å². The fraction of sp³-hybridized carbons (Fsp3) is 0.714. The molecule has 3 aliphatic rings. The lowest BCUT2D eigenvalue weighted by Crippen LogP contribution is -2.57. The Morgan fingerprint density at radius 1 is 1.00 bits per heavy atom. The van der Waals surface area contributed by atoms with Crippen molar-refractivity contribution in [3.05, 3.63) is 0 Å². The van der Waals surface area contributed by atoms with Crippen molar-refractivity contribution in [2.75, 3.05) is 0 Å². The second-order valence-corrected chi connectivity index (χ2v) is 7.07. The van der Waals surface area contributed by atoms with E-state index in [0.717, 1.165) is 0 Å². The first kappa shape index (κ1) is 14.2. The molecule has 0 radical (unpaired) electrons. The van der Waals surface area contributed by atoms with Crippen molar-refractivity contribution in [2.24, 2.45) is 23.7 Å². The lowest BCUT2D eigenvalue weighted by Gasteiger charge is -2.41.